The largest absolute Gasteiger partial charge is 0.307 e. The molecular weight excluding hydrogens is 334 g/mol. The fraction of sp³-hybridized carbons (Fsp3) is 0. The monoisotopic (exact) mass is 349 g/mol. The van der Waals surface area contributed by atoms with Gasteiger partial charge in [-0.1, -0.05) is 48.5 Å². The Kier molecular flexibility index (Phi) is 3.54. The van der Waals surface area contributed by atoms with Crippen molar-refractivity contribution in [1.29, 1.82) is 0 Å². The Morgan fingerprint density at radius 1 is 0.778 bits per heavy atom. The summed E-state index contributed by atoms with van der Waals surface area (Å²) in [6, 6.07) is 25.1. The summed E-state index contributed by atoms with van der Waals surface area (Å²) in [5, 5.41) is 7.08. The average molecular weight is 349 g/mol. The van der Waals surface area contributed by atoms with Gasteiger partial charge in [-0.2, -0.15) is 0 Å². The smallest absolute Gasteiger partial charge is 0.256 e. The highest BCUT2D eigenvalue weighted by Crippen LogP contribution is 2.30. The zero-order chi connectivity index (χ0) is 18.2. The topological polar surface area (TPSA) is 54.9 Å². The van der Waals surface area contributed by atoms with Crippen LogP contribution in [0.15, 0.2) is 85.1 Å². The molecule has 0 spiro atoms. The van der Waals surface area contributed by atoms with Crippen molar-refractivity contribution < 1.29 is 4.79 Å². The van der Waals surface area contributed by atoms with Gasteiger partial charge in [-0.25, -0.2) is 4.98 Å². The predicted molar refractivity (Wildman–Crippen MR) is 109 cm³/mol. The molecule has 0 saturated heterocycles. The minimum Gasteiger partial charge on any atom is -0.307 e. The minimum atomic E-state index is -0.175. The third kappa shape index (κ3) is 2.68. The first-order valence-electron chi connectivity index (χ1n) is 8.73. The molecule has 1 amide bonds. The van der Waals surface area contributed by atoms with Gasteiger partial charge in [0.15, 0.2) is 0 Å². The number of aromatic nitrogens is 2. The summed E-state index contributed by atoms with van der Waals surface area (Å²) in [4.78, 5) is 21.8. The summed E-state index contributed by atoms with van der Waals surface area (Å²) in [5.74, 6) is 0.349. The Morgan fingerprint density at radius 3 is 2.44 bits per heavy atom. The van der Waals surface area contributed by atoms with E-state index < -0.39 is 0 Å². The van der Waals surface area contributed by atoms with Gasteiger partial charge >= 0.3 is 0 Å². The van der Waals surface area contributed by atoms with Gasteiger partial charge < -0.3 is 5.32 Å². The van der Waals surface area contributed by atoms with Crippen LogP contribution in [-0.2, 0) is 0 Å². The van der Waals surface area contributed by atoms with E-state index in [1.54, 1.807) is 12.1 Å². The van der Waals surface area contributed by atoms with Crippen LogP contribution in [0.1, 0.15) is 10.4 Å². The summed E-state index contributed by atoms with van der Waals surface area (Å²) < 4.78 is 0. The zero-order valence-corrected chi connectivity index (χ0v) is 14.4. The van der Waals surface area contributed by atoms with E-state index >= 15 is 0 Å². The number of amides is 1. The number of anilines is 1. The summed E-state index contributed by atoms with van der Waals surface area (Å²) in [6.45, 7) is 0. The molecule has 2 heterocycles. The van der Waals surface area contributed by atoms with Crippen LogP contribution >= 0.6 is 0 Å². The molecule has 5 rings (SSSR count). The van der Waals surface area contributed by atoms with Crippen LogP contribution in [0.5, 0.6) is 0 Å². The molecule has 0 radical (unpaired) electrons. The number of benzene rings is 3. The second kappa shape index (κ2) is 6.18. The van der Waals surface area contributed by atoms with Gasteiger partial charge in [-0.3, -0.25) is 9.78 Å². The van der Waals surface area contributed by atoms with E-state index in [0.717, 1.165) is 32.6 Å². The number of pyridine rings is 2. The molecule has 4 nitrogen and oxygen atoms in total. The third-order valence-corrected chi connectivity index (χ3v) is 4.69. The van der Waals surface area contributed by atoms with E-state index in [2.05, 4.69) is 16.4 Å². The lowest BCUT2D eigenvalue weighted by atomic mass is 10.0. The molecule has 4 heteroatoms. The van der Waals surface area contributed by atoms with Crippen molar-refractivity contribution in [3.05, 3.63) is 90.6 Å². The van der Waals surface area contributed by atoms with Crippen LogP contribution in [-0.4, -0.2) is 15.9 Å². The summed E-state index contributed by atoms with van der Waals surface area (Å²) >= 11 is 0. The molecule has 5 aromatic rings. The number of carbonyl (C=O) groups is 1. The lowest BCUT2D eigenvalue weighted by Crippen LogP contribution is -2.12. The fourth-order valence-electron chi connectivity index (χ4n) is 3.38. The summed E-state index contributed by atoms with van der Waals surface area (Å²) in [6.07, 6.45) is 1.88. The van der Waals surface area contributed by atoms with Crippen LogP contribution < -0.4 is 5.32 Å². The van der Waals surface area contributed by atoms with Crippen LogP contribution in [0.4, 0.5) is 5.82 Å². The molecule has 0 aliphatic rings. The first-order valence-corrected chi connectivity index (χ1v) is 8.73. The van der Waals surface area contributed by atoms with Crippen molar-refractivity contribution in [3.63, 3.8) is 0 Å². The second-order valence-corrected chi connectivity index (χ2v) is 6.39. The maximum atomic E-state index is 12.5. The van der Waals surface area contributed by atoms with Crippen molar-refractivity contribution in [2.24, 2.45) is 0 Å². The molecule has 27 heavy (non-hydrogen) atoms. The Balaban J connectivity index is 1.69. The molecule has 0 unspecified atom stereocenters. The number of rotatable bonds is 2. The molecule has 1 N–H and O–H groups in total. The Labute approximate surface area is 155 Å². The number of nitrogens with zero attached hydrogens (tertiary/aromatic N) is 2. The Bertz CT molecular complexity index is 1310. The molecule has 0 fully saturated rings. The van der Waals surface area contributed by atoms with E-state index in [0.29, 0.717) is 11.4 Å². The lowest BCUT2D eigenvalue weighted by molar-refractivity contribution is 0.102. The predicted octanol–water partition coefficient (Wildman–Crippen LogP) is 5.19. The van der Waals surface area contributed by atoms with Gasteiger partial charge in [0.05, 0.1) is 11.0 Å². The van der Waals surface area contributed by atoms with Gasteiger partial charge in [0, 0.05) is 27.9 Å². The molecular formula is C23H15N3O. The number of hydrogen-bond donors (Lipinski definition) is 1. The average Bonchev–Trinajstić information content (AvgIpc) is 2.73. The molecule has 0 aliphatic heterocycles. The normalized spacial score (nSPS) is 11.1. The highest BCUT2D eigenvalue weighted by atomic mass is 16.1. The highest BCUT2D eigenvalue weighted by Gasteiger charge is 2.10. The van der Waals surface area contributed by atoms with E-state index in [4.69, 9.17) is 4.98 Å². The molecule has 0 aliphatic carbocycles. The van der Waals surface area contributed by atoms with E-state index in [1.807, 2.05) is 66.9 Å². The van der Waals surface area contributed by atoms with Crippen LogP contribution in [0, 0.1) is 0 Å². The quantitative estimate of drug-likeness (QED) is 0.446. The zero-order valence-electron chi connectivity index (χ0n) is 14.4. The van der Waals surface area contributed by atoms with Gasteiger partial charge in [0.2, 0.25) is 0 Å². The maximum absolute atomic E-state index is 12.5. The van der Waals surface area contributed by atoms with Crippen LogP contribution in [0.2, 0.25) is 0 Å². The van der Waals surface area contributed by atoms with Crippen molar-refractivity contribution in [2.45, 2.75) is 0 Å². The van der Waals surface area contributed by atoms with Crippen molar-refractivity contribution >= 4 is 44.3 Å². The first-order chi connectivity index (χ1) is 13.3. The number of carbonyl (C=O) groups excluding carboxylic acids is 1. The molecule has 2 aromatic heterocycles. The lowest BCUT2D eigenvalue weighted by Gasteiger charge is -2.09. The summed E-state index contributed by atoms with van der Waals surface area (Å²) in [5.41, 5.74) is 2.33. The van der Waals surface area contributed by atoms with Gasteiger partial charge in [0.1, 0.15) is 5.82 Å². The number of nitrogens with one attached hydrogen (secondary N) is 1. The van der Waals surface area contributed by atoms with E-state index in [9.17, 15) is 4.79 Å². The SMILES string of the molecule is O=C(Nc1ccc2ccc3ncc4ccccc4c3c2n1)c1ccccc1. The molecule has 128 valence electrons. The first kappa shape index (κ1) is 15.5. The fourth-order valence-corrected chi connectivity index (χ4v) is 3.38. The van der Waals surface area contributed by atoms with E-state index in [-0.39, 0.29) is 5.91 Å². The van der Waals surface area contributed by atoms with Crippen LogP contribution in [0.3, 0.4) is 0 Å². The second-order valence-electron chi connectivity index (χ2n) is 6.39. The molecule has 0 saturated carbocycles. The van der Waals surface area contributed by atoms with Gasteiger partial charge in [-0.15, -0.1) is 0 Å². The highest BCUT2D eigenvalue weighted by molar-refractivity contribution is 6.17. The van der Waals surface area contributed by atoms with Crippen molar-refractivity contribution in [2.75, 3.05) is 5.32 Å². The molecule has 0 atom stereocenters. The molecule has 3 aromatic carbocycles. The number of hydrogen-bond acceptors (Lipinski definition) is 3. The summed E-state index contributed by atoms with van der Waals surface area (Å²) in [7, 11) is 0. The van der Waals surface area contributed by atoms with Crippen molar-refractivity contribution in [3.8, 4) is 0 Å². The Hall–Kier alpha value is -3.79. The van der Waals surface area contributed by atoms with Gasteiger partial charge in [-0.05, 0) is 35.7 Å². The standard InChI is InChI=1S/C23H15N3O/c27-23(16-6-2-1-3-7-16)26-20-13-11-15-10-12-19-21(22(15)25-20)18-9-5-4-8-17(18)14-24-19/h1-14H,(H,25,26,27). The third-order valence-electron chi connectivity index (χ3n) is 4.69. The molecule has 0 bridgehead atoms. The number of fused-ring (bicyclic) bond motifs is 5. The Morgan fingerprint density at radius 2 is 1.56 bits per heavy atom. The maximum Gasteiger partial charge on any atom is 0.256 e. The minimum absolute atomic E-state index is 0.175. The van der Waals surface area contributed by atoms with E-state index in [1.165, 1.54) is 0 Å². The van der Waals surface area contributed by atoms with Crippen molar-refractivity contribution in [1.82, 2.24) is 9.97 Å². The van der Waals surface area contributed by atoms with Gasteiger partial charge in [0.25, 0.3) is 5.91 Å². The van der Waals surface area contributed by atoms with Crippen LogP contribution in [0.25, 0.3) is 32.6 Å².